The van der Waals surface area contributed by atoms with Gasteiger partial charge in [-0.2, -0.15) is 0 Å². The van der Waals surface area contributed by atoms with Crippen molar-refractivity contribution in [3.63, 3.8) is 0 Å². The first kappa shape index (κ1) is 15.4. The highest BCUT2D eigenvalue weighted by Crippen LogP contribution is 2.36. The Labute approximate surface area is 143 Å². The smallest absolute Gasteiger partial charge is 0.104 e. The Hall–Kier alpha value is -2.13. The first-order valence-electron chi connectivity index (χ1n) is 8.77. The van der Waals surface area contributed by atoms with E-state index in [0.29, 0.717) is 5.92 Å². The van der Waals surface area contributed by atoms with E-state index in [1.165, 1.54) is 27.8 Å². The average molecular weight is 320 g/mol. The fourth-order valence-corrected chi connectivity index (χ4v) is 3.76. The number of benzene rings is 2. The Kier molecular flexibility index (Phi) is 3.89. The van der Waals surface area contributed by atoms with E-state index in [-0.39, 0.29) is 0 Å². The number of aromatic amines is 1. The molecule has 3 aromatic rings. The van der Waals surface area contributed by atoms with Crippen LogP contribution >= 0.6 is 0 Å². The van der Waals surface area contributed by atoms with Gasteiger partial charge >= 0.3 is 0 Å². The molecule has 0 radical (unpaired) electrons. The molecule has 2 aromatic carbocycles. The van der Waals surface area contributed by atoms with E-state index in [1.54, 1.807) is 0 Å². The molecule has 0 amide bonds. The monoisotopic (exact) mass is 320 g/mol. The van der Waals surface area contributed by atoms with Crippen molar-refractivity contribution in [2.45, 2.75) is 39.5 Å². The molecule has 0 aliphatic carbocycles. The van der Waals surface area contributed by atoms with Crippen LogP contribution in [0.1, 0.15) is 41.3 Å². The molecule has 3 nitrogen and oxygen atoms in total. The fourth-order valence-electron chi connectivity index (χ4n) is 3.76. The van der Waals surface area contributed by atoms with Gasteiger partial charge in [-0.3, -0.25) is 0 Å². The lowest BCUT2D eigenvalue weighted by atomic mass is 9.88. The SMILES string of the molecule is Cc1ccc(C)c(-c2cc(C3CCOCC3)cc3nc(C)[nH]c23)c1. The number of H-pyrrole nitrogens is 1. The molecule has 3 heteroatoms. The largest absolute Gasteiger partial charge is 0.381 e. The molecular formula is C21H24N2O. The first-order valence-corrected chi connectivity index (χ1v) is 8.77. The van der Waals surface area contributed by atoms with E-state index >= 15 is 0 Å². The maximum atomic E-state index is 5.54. The number of aryl methyl sites for hydroxylation is 3. The van der Waals surface area contributed by atoms with Crippen molar-refractivity contribution in [3.8, 4) is 11.1 Å². The predicted molar refractivity (Wildman–Crippen MR) is 98.5 cm³/mol. The van der Waals surface area contributed by atoms with E-state index < -0.39 is 0 Å². The third kappa shape index (κ3) is 2.73. The van der Waals surface area contributed by atoms with Crippen LogP contribution in [-0.2, 0) is 4.74 Å². The molecule has 0 saturated carbocycles. The highest BCUT2D eigenvalue weighted by molar-refractivity contribution is 5.94. The fraction of sp³-hybridized carbons (Fsp3) is 0.381. The minimum atomic E-state index is 0.573. The van der Waals surface area contributed by atoms with Gasteiger partial charge in [0.25, 0.3) is 0 Å². The number of nitrogens with one attached hydrogen (secondary N) is 1. The number of aromatic nitrogens is 2. The molecule has 1 aromatic heterocycles. The summed E-state index contributed by atoms with van der Waals surface area (Å²) >= 11 is 0. The molecule has 0 spiro atoms. The normalized spacial score (nSPS) is 16.0. The quantitative estimate of drug-likeness (QED) is 0.717. The van der Waals surface area contributed by atoms with Gasteiger partial charge in [-0.1, -0.05) is 23.8 Å². The van der Waals surface area contributed by atoms with E-state index in [2.05, 4.69) is 49.2 Å². The second-order valence-corrected chi connectivity index (χ2v) is 6.99. The lowest BCUT2D eigenvalue weighted by Gasteiger charge is -2.23. The molecule has 0 unspecified atom stereocenters. The predicted octanol–water partition coefficient (Wildman–Crippen LogP) is 5.05. The zero-order valence-electron chi connectivity index (χ0n) is 14.6. The molecule has 1 aliphatic heterocycles. The number of imidazole rings is 1. The van der Waals surface area contributed by atoms with Gasteiger partial charge in [-0.15, -0.1) is 0 Å². The number of nitrogens with zero attached hydrogens (tertiary/aromatic N) is 1. The highest BCUT2D eigenvalue weighted by Gasteiger charge is 2.19. The third-order valence-corrected chi connectivity index (χ3v) is 5.11. The molecule has 1 aliphatic rings. The maximum absolute atomic E-state index is 5.54. The highest BCUT2D eigenvalue weighted by atomic mass is 16.5. The molecule has 24 heavy (non-hydrogen) atoms. The molecule has 0 atom stereocenters. The van der Waals surface area contributed by atoms with Crippen molar-refractivity contribution in [1.29, 1.82) is 0 Å². The average Bonchev–Trinajstić information content (AvgIpc) is 2.97. The minimum absolute atomic E-state index is 0.573. The van der Waals surface area contributed by atoms with Crippen molar-refractivity contribution in [2.24, 2.45) is 0 Å². The Bertz CT molecular complexity index is 888. The van der Waals surface area contributed by atoms with Gasteiger partial charge in [0.15, 0.2) is 0 Å². The zero-order chi connectivity index (χ0) is 16.7. The van der Waals surface area contributed by atoms with Gasteiger partial charge in [0, 0.05) is 18.8 Å². The topological polar surface area (TPSA) is 37.9 Å². The second-order valence-electron chi connectivity index (χ2n) is 6.99. The zero-order valence-corrected chi connectivity index (χ0v) is 14.6. The Morgan fingerprint density at radius 1 is 1.00 bits per heavy atom. The summed E-state index contributed by atoms with van der Waals surface area (Å²) in [6.45, 7) is 8.09. The Morgan fingerprint density at radius 2 is 1.79 bits per heavy atom. The van der Waals surface area contributed by atoms with Crippen molar-refractivity contribution < 1.29 is 4.74 Å². The molecule has 1 N–H and O–H groups in total. The van der Waals surface area contributed by atoms with Crippen molar-refractivity contribution in [2.75, 3.05) is 13.2 Å². The van der Waals surface area contributed by atoms with Crippen molar-refractivity contribution in [1.82, 2.24) is 9.97 Å². The lowest BCUT2D eigenvalue weighted by molar-refractivity contribution is 0.0853. The third-order valence-electron chi connectivity index (χ3n) is 5.11. The maximum Gasteiger partial charge on any atom is 0.104 e. The van der Waals surface area contributed by atoms with Gasteiger partial charge < -0.3 is 9.72 Å². The van der Waals surface area contributed by atoms with Crippen LogP contribution in [0.25, 0.3) is 22.2 Å². The standard InChI is InChI=1S/C21H24N2O/c1-13-4-5-14(2)18(10-13)19-11-17(16-6-8-24-9-7-16)12-20-21(19)23-15(3)22-20/h4-5,10-12,16H,6-9H2,1-3H3,(H,22,23). The van der Waals surface area contributed by atoms with Crippen molar-refractivity contribution in [3.05, 3.63) is 52.8 Å². The minimum Gasteiger partial charge on any atom is -0.381 e. The van der Waals surface area contributed by atoms with Crippen LogP contribution in [0.15, 0.2) is 30.3 Å². The summed E-state index contributed by atoms with van der Waals surface area (Å²) in [5.41, 5.74) is 8.79. The summed E-state index contributed by atoms with van der Waals surface area (Å²) in [6, 6.07) is 11.3. The van der Waals surface area contributed by atoms with Gasteiger partial charge in [0.05, 0.1) is 11.0 Å². The molecule has 1 saturated heterocycles. The summed E-state index contributed by atoms with van der Waals surface area (Å²) < 4.78 is 5.54. The van der Waals surface area contributed by atoms with Gasteiger partial charge in [0.2, 0.25) is 0 Å². The van der Waals surface area contributed by atoms with Crippen LogP contribution in [0.3, 0.4) is 0 Å². The van der Waals surface area contributed by atoms with Crippen LogP contribution in [0.5, 0.6) is 0 Å². The van der Waals surface area contributed by atoms with E-state index in [1.807, 2.05) is 6.92 Å². The number of hydrogen-bond donors (Lipinski definition) is 1. The van der Waals surface area contributed by atoms with Crippen molar-refractivity contribution >= 4 is 11.0 Å². The first-order chi connectivity index (χ1) is 11.6. The molecule has 124 valence electrons. The number of fused-ring (bicyclic) bond motifs is 1. The lowest BCUT2D eigenvalue weighted by Crippen LogP contribution is -2.14. The summed E-state index contributed by atoms with van der Waals surface area (Å²) in [6.07, 6.45) is 2.20. The molecule has 1 fully saturated rings. The van der Waals surface area contributed by atoms with Gasteiger partial charge in [-0.25, -0.2) is 4.98 Å². The summed E-state index contributed by atoms with van der Waals surface area (Å²) in [5, 5.41) is 0. The number of ether oxygens (including phenoxy) is 1. The molecule has 0 bridgehead atoms. The summed E-state index contributed by atoms with van der Waals surface area (Å²) in [7, 11) is 0. The van der Waals surface area contributed by atoms with E-state index in [0.717, 1.165) is 42.9 Å². The molecule has 4 rings (SSSR count). The van der Waals surface area contributed by atoms with Gasteiger partial charge in [0.1, 0.15) is 5.82 Å². The van der Waals surface area contributed by atoms with E-state index in [4.69, 9.17) is 9.72 Å². The van der Waals surface area contributed by atoms with Crippen LogP contribution in [0.4, 0.5) is 0 Å². The molecule has 2 heterocycles. The molecular weight excluding hydrogens is 296 g/mol. The number of hydrogen-bond acceptors (Lipinski definition) is 2. The van der Waals surface area contributed by atoms with Crippen LogP contribution in [-0.4, -0.2) is 23.2 Å². The number of rotatable bonds is 2. The summed E-state index contributed by atoms with van der Waals surface area (Å²) in [4.78, 5) is 8.19. The van der Waals surface area contributed by atoms with Crippen LogP contribution in [0.2, 0.25) is 0 Å². The van der Waals surface area contributed by atoms with Crippen LogP contribution in [0, 0.1) is 20.8 Å². The van der Waals surface area contributed by atoms with E-state index in [9.17, 15) is 0 Å². The summed E-state index contributed by atoms with van der Waals surface area (Å²) in [5.74, 6) is 1.55. The Morgan fingerprint density at radius 3 is 2.58 bits per heavy atom. The van der Waals surface area contributed by atoms with Gasteiger partial charge in [-0.05, 0) is 68.4 Å². The Balaban J connectivity index is 1.93. The van der Waals surface area contributed by atoms with Crippen LogP contribution < -0.4 is 0 Å². The second kappa shape index (κ2) is 6.06.